The predicted octanol–water partition coefficient (Wildman–Crippen LogP) is 2.63. The molecule has 1 aliphatic heterocycles. The maximum absolute atomic E-state index is 14.0. The third-order valence-corrected chi connectivity index (χ3v) is 6.35. The summed E-state index contributed by atoms with van der Waals surface area (Å²) in [7, 11) is 0. The molecule has 2 aliphatic carbocycles. The van der Waals surface area contributed by atoms with Crippen LogP contribution in [0.5, 0.6) is 0 Å². The van der Waals surface area contributed by atoms with E-state index < -0.39 is 5.82 Å². The highest BCUT2D eigenvalue weighted by Gasteiger charge is 2.54. The number of hydrogen-bond donors (Lipinski definition) is 0. The van der Waals surface area contributed by atoms with Crippen molar-refractivity contribution >= 4 is 5.91 Å². The van der Waals surface area contributed by atoms with Crippen LogP contribution in [0.15, 0.2) is 24.7 Å². The fourth-order valence-electron chi connectivity index (χ4n) is 4.56. The van der Waals surface area contributed by atoms with E-state index in [0.717, 1.165) is 31.1 Å². The molecule has 1 spiro atoms. The van der Waals surface area contributed by atoms with Gasteiger partial charge in [0.25, 0.3) is 5.91 Å². The Hall–Kier alpha value is -2.31. The SMILES string of the molecule is O=C(c1ncccc1F)N1CC(c2nncn2CC2CC2)C2(CCC2)C1. The van der Waals surface area contributed by atoms with E-state index in [4.69, 9.17) is 0 Å². The van der Waals surface area contributed by atoms with Crippen LogP contribution in [0, 0.1) is 17.2 Å². The second-order valence-corrected chi connectivity index (χ2v) is 8.07. The summed E-state index contributed by atoms with van der Waals surface area (Å²) in [6.45, 7) is 2.19. The van der Waals surface area contributed by atoms with Crippen molar-refractivity contribution in [3.05, 3.63) is 42.0 Å². The van der Waals surface area contributed by atoms with Gasteiger partial charge in [0, 0.05) is 31.7 Å². The lowest BCUT2D eigenvalue weighted by atomic mass is 9.62. The fourth-order valence-corrected chi connectivity index (χ4v) is 4.56. The van der Waals surface area contributed by atoms with Gasteiger partial charge >= 0.3 is 0 Å². The summed E-state index contributed by atoms with van der Waals surface area (Å²) in [5.41, 5.74) is -0.0167. The number of carbonyl (C=O) groups excluding carboxylic acids is 1. The number of halogens is 1. The van der Waals surface area contributed by atoms with E-state index in [1.54, 1.807) is 4.90 Å². The van der Waals surface area contributed by atoms with E-state index >= 15 is 0 Å². The van der Waals surface area contributed by atoms with Gasteiger partial charge in [0.2, 0.25) is 0 Å². The van der Waals surface area contributed by atoms with Crippen molar-refractivity contribution in [1.82, 2.24) is 24.6 Å². The van der Waals surface area contributed by atoms with Crippen LogP contribution in [0.1, 0.15) is 54.3 Å². The first-order valence-corrected chi connectivity index (χ1v) is 9.44. The Morgan fingerprint density at radius 2 is 2.19 bits per heavy atom. The smallest absolute Gasteiger partial charge is 0.275 e. The molecule has 1 saturated heterocycles. The first kappa shape index (κ1) is 15.9. The maximum atomic E-state index is 14.0. The van der Waals surface area contributed by atoms with Crippen molar-refractivity contribution < 1.29 is 9.18 Å². The first-order valence-electron chi connectivity index (χ1n) is 9.44. The maximum Gasteiger partial charge on any atom is 0.275 e. The van der Waals surface area contributed by atoms with Gasteiger partial charge in [0.05, 0.1) is 0 Å². The molecule has 2 aromatic heterocycles. The minimum Gasteiger partial charge on any atom is -0.336 e. The summed E-state index contributed by atoms with van der Waals surface area (Å²) in [5.74, 6) is 1.04. The summed E-state index contributed by atoms with van der Waals surface area (Å²) >= 11 is 0. The number of nitrogens with zero attached hydrogens (tertiary/aromatic N) is 5. The van der Waals surface area contributed by atoms with Gasteiger partial charge < -0.3 is 9.47 Å². The van der Waals surface area contributed by atoms with Gasteiger partial charge in [-0.05, 0) is 49.1 Å². The molecular formula is C19H22FN5O. The summed E-state index contributed by atoms with van der Waals surface area (Å²) in [6.07, 6.45) is 9.18. The Balaban J connectivity index is 1.43. The van der Waals surface area contributed by atoms with Crippen molar-refractivity contribution in [2.75, 3.05) is 13.1 Å². The zero-order chi connectivity index (χ0) is 17.7. The van der Waals surface area contributed by atoms with E-state index in [1.807, 2.05) is 6.33 Å². The minimum atomic E-state index is -0.555. The number of rotatable bonds is 4. The van der Waals surface area contributed by atoms with Crippen LogP contribution in [-0.2, 0) is 6.54 Å². The number of pyridine rings is 1. The molecule has 0 radical (unpaired) electrons. The molecule has 7 heteroatoms. The van der Waals surface area contributed by atoms with E-state index in [2.05, 4.69) is 19.7 Å². The molecule has 6 nitrogen and oxygen atoms in total. The van der Waals surface area contributed by atoms with Crippen molar-refractivity contribution in [2.24, 2.45) is 11.3 Å². The second-order valence-electron chi connectivity index (χ2n) is 8.07. The molecule has 0 aromatic carbocycles. The van der Waals surface area contributed by atoms with Crippen molar-refractivity contribution in [3.8, 4) is 0 Å². The quantitative estimate of drug-likeness (QED) is 0.846. The second kappa shape index (κ2) is 5.86. The Labute approximate surface area is 151 Å². The lowest BCUT2D eigenvalue weighted by Crippen LogP contribution is -2.38. The fraction of sp³-hybridized carbons (Fsp3) is 0.579. The van der Waals surface area contributed by atoms with Crippen LogP contribution in [-0.4, -0.2) is 43.6 Å². The Kier molecular flexibility index (Phi) is 3.58. The molecule has 2 aromatic rings. The molecule has 2 saturated carbocycles. The molecule has 0 bridgehead atoms. The number of aromatic nitrogens is 4. The highest BCUT2D eigenvalue weighted by molar-refractivity contribution is 5.92. The van der Waals surface area contributed by atoms with Gasteiger partial charge in [-0.25, -0.2) is 9.37 Å². The standard InChI is InChI=1S/C19H22FN5O/c20-15-3-1-8-21-16(15)18(26)24-10-14(19(11-24)6-2-7-19)17-23-22-12-25(17)9-13-4-5-13/h1,3,8,12-14H,2,4-7,9-11H2. The van der Waals surface area contributed by atoms with Crippen molar-refractivity contribution in [2.45, 2.75) is 44.6 Å². The summed E-state index contributed by atoms with van der Waals surface area (Å²) < 4.78 is 16.2. The number of likely N-dealkylation sites (tertiary alicyclic amines) is 1. The highest BCUT2D eigenvalue weighted by Crippen LogP contribution is 2.55. The van der Waals surface area contributed by atoms with Gasteiger partial charge in [-0.2, -0.15) is 0 Å². The lowest BCUT2D eigenvalue weighted by Gasteiger charge is -2.42. The minimum absolute atomic E-state index is 0.0647. The first-order chi connectivity index (χ1) is 12.7. The van der Waals surface area contributed by atoms with Gasteiger partial charge in [0.15, 0.2) is 11.5 Å². The van der Waals surface area contributed by atoms with Crippen molar-refractivity contribution in [3.63, 3.8) is 0 Å². The normalized spacial score (nSPS) is 24.0. The molecule has 1 atom stereocenters. The number of carbonyl (C=O) groups is 1. The Morgan fingerprint density at radius 3 is 2.88 bits per heavy atom. The molecule has 3 fully saturated rings. The summed E-state index contributed by atoms with van der Waals surface area (Å²) in [6, 6.07) is 2.80. The van der Waals surface area contributed by atoms with E-state index in [-0.39, 0.29) is 22.9 Å². The van der Waals surface area contributed by atoms with Gasteiger partial charge in [-0.3, -0.25) is 4.79 Å². The van der Waals surface area contributed by atoms with Gasteiger partial charge in [0.1, 0.15) is 12.2 Å². The molecule has 1 amide bonds. The van der Waals surface area contributed by atoms with E-state index in [1.165, 1.54) is 37.6 Å². The molecule has 136 valence electrons. The molecule has 5 rings (SSSR count). The molecular weight excluding hydrogens is 333 g/mol. The highest BCUT2D eigenvalue weighted by atomic mass is 19.1. The van der Waals surface area contributed by atoms with Crippen LogP contribution in [0.2, 0.25) is 0 Å². The van der Waals surface area contributed by atoms with Crippen LogP contribution in [0.25, 0.3) is 0 Å². The number of amides is 1. The average molecular weight is 355 g/mol. The zero-order valence-electron chi connectivity index (χ0n) is 14.6. The largest absolute Gasteiger partial charge is 0.336 e. The van der Waals surface area contributed by atoms with Crippen LogP contribution in [0.3, 0.4) is 0 Å². The average Bonchev–Trinajstić information content (AvgIpc) is 3.15. The topological polar surface area (TPSA) is 63.9 Å². The Morgan fingerprint density at radius 1 is 1.35 bits per heavy atom. The molecule has 3 heterocycles. The van der Waals surface area contributed by atoms with Crippen LogP contribution >= 0.6 is 0 Å². The van der Waals surface area contributed by atoms with E-state index in [9.17, 15) is 9.18 Å². The number of hydrogen-bond acceptors (Lipinski definition) is 4. The monoisotopic (exact) mass is 355 g/mol. The third-order valence-electron chi connectivity index (χ3n) is 6.35. The summed E-state index contributed by atoms with van der Waals surface area (Å²) in [5, 5.41) is 8.58. The lowest BCUT2D eigenvalue weighted by molar-refractivity contribution is 0.0713. The molecule has 3 aliphatic rings. The van der Waals surface area contributed by atoms with Crippen LogP contribution < -0.4 is 0 Å². The summed E-state index contributed by atoms with van der Waals surface area (Å²) in [4.78, 5) is 18.6. The molecule has 0 N–H and O–H groups in total. The molecule has 26 heavy (non-hydrogen) atoms. The van der Waals surface area contributed by atoms with Gasteiger partial charge in [-0.15, -0.1) is 10.2 Å². The predicted molar refractivity (Wildman–Crippen MR) is 91.9 cm³/mol. The Bertz CT molecular complexity index is 842. The van der Waals surface area contributed by atoms with E-state index in [0.29, 0.717) is 13.1 Å². The molecule has 1 unspecified atom stereocenters. The zero-order valence-corrected chi connectivity index (χ0v) is 14.6. The third kappa shape index (κ3) is 2.52. The van der Waals surface area contributed by atoms with Gasteiger partial charge in [-0.1, -0.05) is 6.42 Å². The van der Waals surface area contributed by atoms with Crippen molar-refractivity contribution in [1.29, 1.82) is 0 Å². The van der Waals surface area contributed by atoms with Crippen LogP contribution in [0.4, 0.5) is 4.39 Å².